The molecule has 0 spiro atoms. The highest BCUT2D eigenvalue weighted by Gasteiger charge is 2.46. The number of likely N-dealkylation sites (tertiary alicyclic amines) is 1. The average Bonchev–Trinajstić information content (AvgIpc) is 3.50. The Balaban J connectivity index is 1.72. The molecule has 11 nitrogen and oxygen atoms in total. The summed E-state index contributed by atoms with van der Waals surface area (Å²) >= 11 is 0. The standard InChI is InChI=1S/C36H49N5O6/c1-7-22(3)30(37-5)34(43)39-27(20-24-12-10-9-11-13-24)36(45)41-19-17-29-32(41)35(44)40-31(23(4)8-2)33(42)38-18-16-25-21-26(47-29)14-15-28(25)46-6/h9-16,18,21-23,27,29-32,37H,7-8,17,19-20H2,1-6H3,(H,38,42)(H,39,43)(H,40,44)/b18-16+/t22-,23-,27-,29-,30-,31-,32-/m0/s1. The van der Waals surface area contributed by atoms with Crippen LogP contribution in [0.5, 0.6) is 11.5 Å². The van der Waals surface area contributed by atoms with Gasteiger partial charge in [0.2, 0.25) is 23.6 Å². The third-order valence-electron chi connectivity index (χ3n) is 9.37. The molecule has 4 amide bonds. The summed E-state index contributed by atoms with van der Waals surface area (Å²) < 4.78 is 11.9. The number of carbonyl (C=O) groups excluding carboxylic acids is 4. The van der Waals surface area contributed by atoms with E-state index in [0.29, 0.717) is 29.9 Å². The monoisotopic (exact) mass is 647 g/mol. The zero-order chi connectivity index (χ0) is 34.1. The Morgan fingerprint density at radius 1 is 1.06 bits per heavy atom. The van der Waals surface area contributed by atoms with Gasteiger partial charge in [-0.2, -0.15) is 0 Å². The largest absolute Gasteiger partial charge is 0.496 e. The minimum absolute atomic E-state index is 0.0331. The van der Waals surface area contributed by atoms with Crippen LogP contribution in [0.1, 0.15) is 58.1 Å². The summed E-state index contributed by atoms with van der Waals surface area (Å²) in [4.78, 5) is 57.1. The van der Waals surface area contributed by atoms with E-state index in [1.54, 1.807) is 38.4 Å². The molecule has 2 aromatic rings. The summed E-state index contributed by atoms with van der Waals surface area (Å²) in [7, 11) is 3.29. The molecule has 254 valence electrons. The van der Waals surface area contributed by atoms with Crippen LogP contribution in [0.15, 0.2) is 54.7 Å². The maximum absolute atomic E-state index is 14.5. The van der Waals surface area contributed by atoms with Crippen molar-refractivity contribution in [3.63, 3.8) is 0 Å². The normalized spacial score (nSPS) is 22.8. The molecule has 0 saturated carbocycles. The Morgan fingerprint density at radius 3 is 2.47 bits per heavy atom. The third kappa shape index (κ3) is 8.51. The number of fused-ring (bicyclic) bond motifs is 3. The number of benzene rings is 2. The fraction of sp³-hybridized carbons (Fsp3) is 0.500. The first-order valence-electron chi connectivity index (χ1n) is 16.6. The molecule has 47 heavy (non-hydrogen) atoms. The lowest BCUT2D eigenvalue weighted by molar-refractivity contribution is -0.144. The molecular weight excluding hydrogens is 598 g/mol. The number of nitrogens with one attached hydrogen (secondary N) is 4. The number of amides is 4. The second-order valence-corrected chi connectivity index (χ2v) is 12.4. The van der Waals surface area contributed by atoms with Crippen LogP contribution >= 0.6 is 0 Å². The molecule has 0 radical (unpaired) electrons. The van der Waals surface area contributed by atoms with Crippen molar-refractivity contribution in [1.29, 1.82) is 0 Å². The van der Waals surface area contributed by atoms with E-state index < -0.39 is 42.1 Å². The van der Waals surface area contributed by atoms with E-state index in [1.807, 2.05) is 58.0 Å². The van der Waals surface area contributed by atoms with Gasteiger partial charge < -0.3 is 35.6 Å². The van der Waals surface area contributed by atoms with Gasteiger partial charge in [0, 0.05) is 31.1 Å². The number of likely N-dealkylation sites (N-methyl/N-ethyl adjacent to an activating group) is 1. The molecule has 1 fully saturated rings. The lowest BCUT2D eigenvalue weighted by Crippen LogP contribution is -2.61. The van der Waals surface area contributed by atoms with Crippen LogP contribution < -0.4 is 30.7 Å². The van der Waals surface area contributed by atoms with Gasteiger partial charge in [-0.3, -0.25) is 19.2 Å². The van der Waals surface area contributed by atoms with Gasteiger partial charge in [-0.25, -0.2) is 0 Å². The Kier molecular flexibility index (Phi) is 12.4. The van der Waals surface area contributed by atoms with E-state index in [-0.39, 0.29) is 36.6 Å². The van der Waals surface area contributed by atoms with E-state index in [4.69, 9.17) is 9.47 Å². The number of hydrogen-bond donors (Lipinski definition) is 4. The van der Waals surface area contributed by atoms with E-state index in [1.165, 1.54) is 11.1 Å². The van der Waals surface area contributed by atoms with E-state index >= 15 is 0 Å². The average molecular weight is 648 g/mol. The van der Waals surface area contributed by atoms with Crippen LogP contribution in [-0.4, -0.2) is 79.5 Å². The predicted octanol–water partition coefficient (Wildman–Crippen LogP) is 3.04. The zero-order valence-corrected chi connectivity index (χ0v) is 28.2. The highest BCUT2D eigenvalue weighted by Crippen LogP contribution is 2.30. The molecule has 1 saturated heterocycles. The number of methoxy groups -OCH3 is 1. The van der Waals surface area contributed by atoms with Gasteiger partial charge in [0.05, 0.1) is 13.2 Å². The van der Waals surface area contributed by atoms with Crippen LogP contribution in [0.2, 0.25) is 0 Å². The summed E-state index contributed by atoms with van der Waals surface area (Å²) in [6, 6.07) is 11.4. The smallest absolute Gasteiger partial charge is 0.247 e. The fourth-order valence-corrected chi connectivity index (χ4v) is 6.20. The maximum Gasteiger partial charge on any atom is 0.247 e. The Hall–Kier alpha value is -4.38. The summed E-state index contributed by atoms with van der Waals surface area (Å²) in [6.07, 6.45) is 4.56. The van der Waals surface area contributed by atoms with Crippen molar-refractivity contribution in [2.45, 2.75) is 83.6 Å². The summed E-state index contributed by atoms with van der Waals surface area (Å²) in [5.74, 6) is -0.617. The van der Waals surface area contributed by atoms with E-state index in [0.717, 1.165) is 12.0 Å². The van der Waals surface area contributed by atoms with Crippen molar-refractivity contribution in [2.24, 2.45) is 11.8 Å². The predicted molar refractivity (Wildman–Crippen MR) is 180 cm³/mol. The number of rotatable bonds is 11. The number of nitrogens with zero attached hydrogens (tertiary/aromatic N) is 1. The number of carbonyl (C=O) groups is 4. The molecular formula is C36H49N5O6. The quantitative estimate of drug-likeness (QED) is 0.294. The lowest BCUT2D eigenvalue weighted by Gasteiger charge is -2.33. The summed E-state index contributed by atoms with van der Waals surface area (Å²) in [6.45, 7) is 8.07. The van der Waals surface area contributed by atoms with Gasteiger partial charge in [-0.05, 0) is 48.7 Å². The molecule has 0 aromatic heterocycles. The minimum Gasteiger partial charge on any atom is -0.496 e. The molecule has 7 atom stereocenters. The first kappa shape index (κ1) is 35.5. The molecule has 2 aliphatic rings. The second kappa shape index (κ2) is 16.4. The maximum atomic E-state index is 14.5. The van der Waals surface area contributed by atoms with Crippen molar-refractivity contribution in [1.82, 2.24) is 26.2 Å². The Bertz CT molecular complexity index is 1430. The third-order valence-corrected chi connectivity index (χ3v) is 9.37. The molecule has 0 unspecified atom stereocenters. The molecule has 0 aliphatic carbocycles. The molecule has 2 heterocycles. The Labute approximate surface area is 277 Å². The second-order valence-electron chi connectivity index (χ2n) is 12.4. The van der Waals surface area contributed by atoms with Crippen LogP contribution in [0, 0.1) is 11.8 Å². The molecule has 2 aromatic carbocycles. The van der Waals surface area contributed by atoms with Gasteiger partial charge in [-0.15, -0.1) is 0 Å². The first-order valence-corrected chi connectivity index (χ1v) is 16.6. The van der Waals surface area contributed by atoms with Crippen molar-refractivity contribution in [3.8, 4) is 11.5 Å². The van der Waals surface area contributed by atoms with Crippen molar-refractivity contribution >= 4 is 29.7 Å². The van der Waals surface area contributed by atoms with Crippen molar-refractivity contribution in [2.75, 3.05) is 20.7 Å². The van der Waals surface area contributed by atoms with E-state index in [2.05, 4.69) is 21.3 Å². The summed E-state index contributed by atoms with van der Waals surface area (Å²) in [5.41, 5.74) is 1.55. The van der Waals surface area contributed by atoms with Gasteiger partial charge >= 0.3 is 0 Å². The Morgan fingerprint density at radius 2 is 1.81 bits per heavy atom. The molecule has 4 rings (SSSR count). The van der Waals surface area contributed by atoms with Crippen LogP contribution in [0.4, 0.5) is 0 Å². The van der Waals surface area contributed by atoms with Crippen LogP contribution in [0.25, 0.3) is 6.08 Å². The highest BCUT2D eigenvalue weighted by atomic mass is 16.5. The zero-order valence-electron chi connectivity index (χ0n) is 28.2. The van der Waals surface area contributed by atoms with Crippen molar-refractivity contribution < 1.29 is 28.7 Å². The number of ether oxygens (including phenoxy) is 2. The topological polar surface area (TPSA) is 138 Å². The first-order chi connectivity index (χ1) is 22.6. The molecule has 2 bridgehead atoms. The van der Waals surface area contributed by atoms with Crippen molar-refractivity contribution in [3.05, 3.63) is 65.9 Å². The SMILES string of the molecule is CC[C@H](C)[C@H](NC)C(=O)N[C@@H](Cc1ccccc1)C(=O)N1CC[C@@H]2Oc3ccc(OC)c(c3)/C=C/NC(=O)[C@H]([C@@H](C)CC)NC(=O)[C@H]21. The molecule has 4 N–H and O–H groups in total. The van der Waals surface area contributed by atoms with Gasteiger partial charge in [0.1, 0.15) is 35.7 Å². The highest BCUT2D eigenvalue weighted by molar-refractivity contribution is 5.96. The lowest BCUT2D eigenvalue weighted by atomic mass is 9.97. The van der Waals surface area contributed by atoms with Crippen LogP contribution in [-0.2, 0) is 25.6 Å². The van der Waals surface area contributed by atoms with Gasteiger partial charge in [0.25, 0.3) is 0 Å². The van der Waals surface area contributed by atoms with Gasteiger partial charge in [0.15, 0.2) is 0 Å². The van der Waals surface area contributed by atoms with E-state index in [9.17, 15) is 19.2 Å². The number of hydrogen-bond acceptors (Lipinski definition) is 7. The molecule has 2 aliphatic heterocycles. The fourth-order valence-electron chi connectivity index (χ4n) is 6.20. The minimum atomic E-state index is -1.05. The van der Waals surface area contributed by atoms with Gasteiger partial charge in [-0.1, -0.05) is 70.9 Å². The molecule has 11 heteroatoms. The summed E-state index contributed by atoms with van der Waals surface area (Å²) in [5, 5.41) is 11.8. The van der Waals surface area contributed by atoms with Crippen LogP contribution in [0.3, 0.4) is 0 Å².